The summed E-state index contributed by atoms with van der Waals surface area (Å²) in [4.78, 5) is 10.0. The van der Waals surface area contributed by atoms with Gasteiger partial charge in [0.1, 0.15) is 6.29 Å². The maximum atomic E-state index is 10.0. The molecule has 0 aliphatic rings. The lowest BCUT2D eigenvalue weighted by atomic mass is 10.1. The van der Waals surface area contributed by atoms with Crippen molar-refractivity contribution in [2.45, 2.75) is 77.0 Å². The predicted molar refractivity (Wildman–Crippen MR) is 84.4 cm³/mol. The third-order valence-electron chi connectivity index (χ3n) is 3.22. The van der Waals surface area contributed by atoms with Gasteiger partial charge in [0.25, 0.3) is 0 Å². The van der Waals surface area contributed by atoms with E-state index in [0.29, 0.717) is 0 Å². The van der Waals surface area contributed by atoms with E-state index >= 15 is 0 Å². The molecule has 0 aliphatic heterocycles. The Hall–Kier alpha value is -0.110. The van der Waals surface area contributed by atoms with Gasteiger partial charge >= 0.3 is 0 Å². The maximum Gasteiger partial charge on any atom is 0.142 e. The van der Waals surface area contributed by atoms with Crippen LogP contribution < -0.4 is 0 Å². The summed E-state index contributed by atoms with van der Waals surface area (Å²) < 4.78 is 0. The largest absolute Gasteiger partial charge is 0.299 e. The van der Waals surface area contributed by atoms with Crippen LogP contribution in [0.25, 0.3) is 0 Å². The lowest BCUT2D eigenvalue weighted by Crippen LogP contribution is -1.82. The smallest absolute Gasteiger partial charge is 0.142 e. The number of hydrogen-bond donors (Lipinski definition) is 0. The number of unbranched alkanes of at least 4 members (excludes halogenated alkanes) is 11. The molecule has 0 aromatic rings. The molecule has 0 heterocycles. The first-order valence-electron chi connectivity index (χ1n) is 7.58. The van der Waals surface area contributed by atoms with Gasteiger partial charge in [-0.25, -0.2) is 0 Å². The second kappa shape index (κ2) is 16.9. The average Bonchev–Trinajstić information content (AvgIpc) is 2.39. The number of carbonyl (C=O) groups excluding carboxylic acids is 1. The van der Waals surface area contributed by atoms with Crippen LogP contribution in [-0.2, 0) is 4.79 Å². The molecule has 106 valence electrons. The summed E-state index contributed by atoms with van der Waals surface area (Å²) in [6, 6.07) is 0. The van der Waals surface area contributed by atoms with Crippen molar-refractivity contribution in [3.63, 3.8) is 0 Å². The highest BCUT2D eigenvalue weighted by molar-refractivity contribution is 9.09. The zero-order valence-electron chi connectivity index (χ0n) is 11.7. The topological polar surface area (TPSA) is 17.1 Å². The number of halogens is 1. The number of carbonyl (C=O) groups is 1. The first-order chi connectivity index (χ1) is 8.91. The predicted octanol–water partition coefficient (Wildman–Crippen LogP) is 5.82. The number of alkyl halides is 1. The third-order valence-corrected chi connectivity index (χ3v) is 3.78. The molecule has 0 aromatic carbocycles. The van der Waals surface area contributed by atoms with Crippen LogP contribution in [0.4, 0.5) is 0 Å². The molecule has 0 bridgehead atoms. The second-order valence-corrected chi connectivity index (χ2v) is 5.72. The van der Waals surface area contributed by atoms with Gasteiger partial charge in [0, 0.05) is 5.33 Å². The number of aldehydes is 1. The summed E-state index contributed by atoms with van der Waals surface area (Å²) in [5.74, 6) is 0. The fraction of sp³-hybridized carbons (Fsp3) is 0.812. The Bertz CT molecular complexity index is 190. The zero-order valence-corrected chi connectivity index (χ0v) is 13.3. The molecule has 1 nitrogen and oxygen atoms in total. The molecule has 0 N–H and O–H groups in total. The molecule has 0 saturated heterocycles. The van der Waals surface area contributed by atoms with Crippen LogP contribution in [0.2, 0.25) is 0 Å². The van der Waals surface area contributed by atoms with Crippen LogP contribution in [0.15, 0.2) is 12.2 Å². The van der Waals surface area contributed by atoms with Gasteiger partial charge in [-0.2, -0.15) is 0 Å². The minimum absolute atomic E-state index is 0.859. The van der Waals surface area contributed by atoms with E-state index in [1.807, 2.05) is 6.08 Å². The van der Waals surface area contributed by atoms with Crippen molar-refractivity contribution < 1.29 is 4.79 Å². The van der Waals surface area contributed by atoms with Crippen LogP contribution in [0.5, 0.6) is 0 Å². The molecule has 2 heteroatoms. The van der Waals surface area contributed by atoms with Gasteiger partial charge in [0.05, 0.1) is 0 Å². The normalized spacial score (nSPS) is 11.2. The molecule has 0 fully saturated rings. The molecule has 0 unspecified atom stereocenters. The molecular formula is C16H29BrO. The van der Waals surface area contributed by atoms with E-state index in [1.165, 1.54) is 70.6 Å². The number of rotatable bonds is 14. The summed E-state index contributed by atoms with van der Waals surface area (Å²) in [6.07, 6.45) is 20.6. The van der Waals surface area contributed by atoms with E-state index in [4.69, 9.17) is 0 Å². The molecule has 0 rings (SSSR count). The van der Waals surface area contributed by atoms with Crippen molar-refractivity contribution in [2.24, 2.45) is 0 Å². The van der Waals surface area contributed by atoms with Gasteiger partial charge in [0.2, 0.25) is 0 Å². The quantitative estimate of drug-likeness (QED) is 0.171. The Morgan fingerprint density at radius 3 is 1.56 bits per heavy atom. The summed E-state index contributed by atoms with van der Waals surface area (Å²) in [5.41, 5.74) is 0. The maximum absolute atomic E-state index is 10.0. The van der Waals surface area contributed by atoms with Crippen LogP contribution >= 0.6 is 15.9 Å². The van der Waals surface area contributed by atoms with Crippen LogP contribution in [0, 0.1) is 0 Å². The first-order valence-corrected chi connectivity index (χ1v) is 8.70. The molecule has 0 atom stereocenters. The Morgan fingerprint density at radius 1 is 0.667 bits per heavy atom. The second-order valence-electron chi connectivity index (χ2n) is 4.93. The minimum Gasteiger partial charge on any atom is -0.299 e. The van der Waals surface area contributed by atoms with Gasteiger partial charge in [-0.15, -0.1) is 0 Å². The Labute approximate surface area is 122 Å². The minimum atomic E-state index is 0.859. The van der Waals surface area contributed by atoms with Gasteiger partial charge < -0.3 is 0 Å². The van der Waals surface area contributed by atoms with Gasteiger partial charge in [-0.05, 0) is 25.3 Å². The lowest BCUT2D eigenvalue weighted by Gasteiger charge is -2.01. The number of allylic oxidation sites excluding steroid dienone is 2. The highest BCUT2D eigenvalue weighted by Crippen LogP contribution is 2.12. The standard InChI is InChI=1S/C16H29BrO/c17-15-13-11-9-7-5-3-1-2-4-6-8-10-12-14-16-18/h12,14,16H,1-11,13,15H2/b14-12+. The van der Waals surface area contributed by atoms with E-state index in [-0.39, 0.29) is 0 Å². The van der Waals surface area contributed by atoms with Crippen LogP contribution in [0.3, 0.4) is 0 Å². The average molecular weight is 317 g/mol. The Balaban J connectivity index is 2.94. The highest BCUT2D eigenvalue weighted by Gasteiger charge is 1.92. The molecular weight excluding hydrogens is 288 g/mol. The first kappa shape index (κ1) is 17.9. The van der Waals surface area contributed by atoms with Crippen molar-refractivity contribution >= 4 is 22.2 Å². The molecule has 0 radical (unpaired) electrons. The zero-order chi connectivity index (χ0) is 13.3. The van der Waals surface area contributed by atoms with Crippen molar-refractivity contribution in [1.82, 2.24) is 0 Å². The van der Waals surface area contributed by atoms with Gasteiger partial charge in [-0.3, -0.25) is 4.79 Å². The SMILES string of the molecule is O=C/C=C/CCCCCCCCCCCCCBr. The summed E-state index contributed by atoms with van der Waals surface area (Å²) in [6.45, 7) is 0. The molecule has 18 heavy (non-hydrogen) atoms. The third kappa shape index (κ3) is 15.9. The summed E-state index contributed by atoms with van der Waals surface area (Å²) >= 11 is 3.47. The lowest BCUT2D eigenvalue weighted by molar-refractivity contribution is -0.104. The monoisotopic (exact) mass is 316 g/mol. The molecule has 0 aromatic heterocycles. The van der Waals surface area contributed by atoms with Gasteiger partial charge in [0.15, 0.2) is 0 Å². The van der Waals surface area contributed by atoms with Crippen molar-refractivity contribution in [1.29, 1.82) is 0 Å². The molecule has 0 saturated carbocycles. The van der Waals surface area contributed by atoms with Crippen LogP contribution in [0.1, 0.15) is 77.0 Å². The summed E-state index contributed by atoms with van der Waals surface area (Å²) in [5, 5.41) is 1.16. The molecule has 0 amide bonds. The Kier molecular flexibility index (Phi) is 16.8. The van der Waals surface area contributed by atoms with Crippen LogP contribution in [-0.4, -0.2) is 11.6 Å². The fourth-order valence-electron chi connectivity index (χ4n) is 2.10. The van der Waals surface area contributed by atoms with Crippen molar-refractivity contribution in [3.05, 3.63) is 12.2 Å². The fourth-order valence-corrected chi connectivity index (χ4v) is 2.50. The number of hydrogen-bond acceptors (Lipinski definition) is 1. The van der Waals surface area contributed by atoms with E-state index in [9.17, 15) is 4.79 Å². The van der Waals surface area contributed by atoms with Crippen molar-refractivity contribution in [2.75, 3.05) is 5.33 Å². The van der Waals surface area contributed by atoms with E-state index < -0.39 is 0 Å². The van der Waals surface area contributed by atoms with E-state index in [2.05, 4.69) is 15.9 Å². The van der Waals surface area contributed by atoms with Crippen molar-refractivity contribution in [3.8, 4) is 0 Å². The molecule has 0 spiro atoms. The highest BCUT2D eigenvalue weighted by atomic mass is 79.9. The molecule has 0 aliphatic carbocycles. The summed E-state index contributed by atoms with van der Waals surface area (Å²) in [7, 11) is 0. The van der Waals surface area contributed by atoms with E-state index in [0.717, 1.165) is 18.0 Å². The van der Waals surface area contributed by atoms with Gasteiger partial charge in [-0.1, -0.05) is 79.8 Å². The van der Waals surface area contributed by atoms with E-state index in [1.54, 1.807) is 6.08 Å². The Morgan fingerprint density at radius 2 is 1.11 bits per heavy atom.